The molecule has 3 N–H and O–H groups in total. The Bertz CT molecular complexity index is 618. The molecule has 0 aliphatic carbocycles. The number of primary sulfonamides is 1. The van der Waals surface area contributed by atoms with Crippen molar-refractivity contribution >= 4 is 15.9 Å². The van der Waals surface area contributed by atoms with Gasteiger partial charge in [-0.3, -0.25) is 4.79 Å². The highest BCUT2D eigenvalue weighted by Crippen LogP contribution is 2.16. The lowest BCUT2D eigenvalue weighted by atomic mass is 9.97. The van der Waals surface area contributed by atoms with E-state index in [0.29, 0.717) is 12.1 Å². The Hall–Kier alpha value is -1.44. The lowest BCUT2D eigenvalue weighted by Crippen LogP contribution is -2.32. The fourth-order valence-electron chi connectivity index (χ4n) is 1.65. The maximum Gasteiger partial charge on any atom is 0.251 e. The SMILES string of the molecule is COCc1cc(C(=O)NCC(C)(C)C)cc(S(N)(=O)=O)c1. The highest BCUT2D eigenvalue weighted by Gasteiger charge is 2.17. The Balaban J connectivity index is 3.11. The van der Waals surface area contributed by atoms with Crippen molar-refractivity contribution in [1.82, 2.24) is 5.32 Å². The number of carbonyl (C=O) groups excluding carboxylic acids is 1. The van der Waals surface area contributed by atoms with E-state index in [1.165, 1.54) is 19.2 Å². The maximum absolute atomic E-state index is 12.1. The Kier molecular flexibility index (Phi) is 5.49. The molecule has 0 bridgehead atoms. The van der Waals surface area contributed by atoms with Crippen molar-refractivity contribution in [1.29, 1.82) is 0 Å². The first-order valence-electron chi connectivity index (χ1n) is 6.47. The van der Waals surface area contributed by atoms with Gasteiger partial charge in [-0.15, -0.1) is 0 Å². The van der Waals surface area contributed by atoms with E-state index in [1.807, 2.05) is 20.8 Å². The van der Waals surface area contributed by atoms with Crippen LogP contribution in [0.15, 0.2) is 23.1 Å². The van der Waals surface area contributed by atoms with Crippen molar-refractivity contribution in [2.24, 2.45) is 10.6 Å². The van der Waals surface area contributed by atoms with Crippen molar-refractivity contribution in [2.75, 3.05) is 13.7 Å². The molecule has 0 aromatic heterocycles. The summed E-state index contributed by atoms with van der Waals surface area (Å²) in [5, 5.41) is 7.91. The van der Waals surface area contributed by atoms with Crippen LogP contribution in [-0.2, 0) is 21.4 Å². The molecule has 1 aromatic carbocycles. The van der Waals surface area contributed by atoms with Gasteiger partial charge in [-0.25, -0.2) is 13.6 Å². The number of ether oxygens (including phenoxy) is 1. The zero-order chi connectivity index (χ0) is 16.3. The number of carbonyl (C=O) groups is 1. The Morgan fingerprint density at radius 3 is 2.38 bits per heavy atom. The summed E-state index contributed by atoms with van der Waals surface area (Å²) >= 11 is 0. The first-order valence-corrected chi connectivity index (χ1v) is 8.01. The molecule has 1 aromatic rings. The summed E-state index contributed by atoms with van der Waals surface area (Å²) in [6.45, 7) is 6.65. The maximum atomic E-state index is 12.1. The van der Waals surface area contributed by atoms with Gasteiger partial charge in [-0.2, -0.15) is 0 Å². The highest BCUT2D eigenvalue weighted by molar-refractivity contribution is 7.89. The van der Waals surface area contributed by atoms with Gasteiger partial charge < -0.3 is 10.1 Å². The van der Waals surface area contributed by atoms with E-state index in [2.05, 4.69) is 5.32 Å². The van der Waals surface area contributed by atoms with Crippen LogP contribution >= 0.6 is 0 Å². The van der Waals surface area contributed by atoms with Gasteiger partial charge in [0.25, 0.3) is 5.91 Å². The number of benzene rings is 1. The van der Waals surface area contributed by atoms with Crippen LogP contribution < -0.4 is 10.5 Å². The Labute approximate surface area is 125 Å². The number of hydrogen-bond acceptors (Lipinski definition) is 4. The number of hydrogen-bond donors (Lipinski definition) is 2. The lowest BCUT2D eigenvalue weighted by molar-refractivity contribution is 0.0938. The zero-order valence-corrected chi connectivity index (χ0v) is 13.6. The van der Waals surface area contributed by atoms with Crippen LogP contribution in [0.5, 0.6) is 0 Å². The molecule has 0 atom stereocenters. The molecule has 6 nitrogen and oxygen atoms in total. The van der Waals surface area contributed by atoms with Crippen LogP contribution in [0.2, 0.25) is 0 Å². The van der Waals surface area contributed by atoms with Gasteiger partial charge in [-0.1, -0.05) is 20.8 Å². The smallest absolute Gasteiger partial charge is 0.251 e. The van der Waals surface area contributed by atoms with Gasteiger partial charge in [-0.05, 0) is 29.2 Å². The van der Waals surface area contributed by atoms with E-state index in [-0.39, 0.29) is 28.4 Å². The van der Waals surface area contributed by atoms with Crippen LogP contribution in [0.4, 0.5) is 0 Å². The standard InChI is InChI=1S/C14H22N2O4S/c1-14(2,3)9-16-13(17)11-5-10(8-20-4)6-12(7-11)21(15,18)19/h5-7H,8-9H2,1-4H3,(H,16,17)(H2,15,18,19). The van der Waals surface area contributed by atoms with E-state index in [0.717, 1.165) is 0 Å². The Morgan fingerprint density at radius 2 is 1.90 bits per heavy atom. The second kappa shape index (κ2) is 6.55. The molecule has 0 unspecified atom stereocenters. The predicted octanol–water partition coefficient (Wildman–Crippen LogP) is 1.26. The summed E-state index contributed by atoms with van der Waals surface area (Å²) in [7, 11) is -2.39. The molecule has 1 amide bonds. The van der Waals surface area contributed by atoms with Gasteiger partial charge in [0.2, 0.25) is 10.0 Å². The third-order valence-corrected chi connectivity index (χ3v) is 3.54. The number of nitrogens with one attached hydrogen (secondary N) is 1. The number of amides is 1. The van der Waals surface area contributed by atoms with Crippen LogP contribution in [0.3, 0.4) is 0 Å². The van der Waals surface area contributed by atoms with Crippen LogP contribution in [0, 0.1) is 5.41 Å². The molecule has 0 radical (unpaired) electrons. The molecule has 7 heteroatoms. The second-order valence-electron chi connectivity index (χ2n) is 6.09. The summed E-state index contributed by atoms with van der Waals surface area (Å²) in [5.74, 6) is -0.340. The summed E-state index contributed by atoms with van der Waals surface area (Å²) in [5.41, 5.74) is 0.755. The summed E-state index contributed by atoms with van der Waals surface area (Å²) in [4.78, 5) is 12.0. The Morgan fingerprint density at radius 1 is 1.29 bits per heavy atom. The molecule has 1 rings (SSSR count). The van der Waals surface area contributed by atoms with Crippen molar-refractivity contribution < 1.29 is 17.9 Å². The largest absolute Gasteiger partial charge is 0.380 e. The molecule has 0 saturated carbocycles. The van der Waals surface area contributed by atoms with E-state index in [9.17, 15) is 13.2 Å². The number of sulfonamides is 1. The summed E-state index contributed by atoms with van der Waals surface area (Å²) in [6, 6.07) is 4.27. The molecule has 0 spiro atoms. The first-order chi connectivity index (χ1) is 9.53. The van der Waals surface area contributed by atoms with E-state index >= 15 is 0 Å². The van der Waals surface area contributed by atoms with Crippen molar-refractivity contribution in [3.05, 3.63) is 29.3 Å². The van der Waals surface area contributed by atoms with Gasteiger partial charge in [0.1, 0.15) is 0 Å². The number of nitrogens with two attached hydrogens (primary N) is 1. The number of methoxy groups -OCH3 is 1. The minimum absolute atomic E-state index is 0.0669. The molecule has 0 aliphatic heterocycles. The molecule has 21 heavy (non-hydrogen) atoms. The van der Waals surface area contributed by atoms with Crippen molar-refractivity contribution in [3.63, 3.8) is 0 Å². The van der Waals surface area contributed by atoms with Gasteiger partial charge in [0.05, 0.1) is 11.5 Å². The summed E-state index contributed by atoms with van der Waals surface area (Å²) < 4.78 is 28.0. The van der Waals surface area contributed by atoms with Gasteiger partial charge >= 0.3 is 0 Å². The minimum Gasteiger partial charge on any atom is -0.380 e. The molecule has 0 heterocycles. The fourth-order valence-corrected chi connectivity index (χ4v) is 2.26. The van der Waals surface area contributed by atoms with Gasteiger partial charge in [0, 0.05) is 19.2 Å². The zero-order valence-electron chi connectivity index (χ0n) is 12.8. The molecule has 0 saturated heterocycles. The average Bonchev–Trinajstić information content (AvgIpc) is 2.34. The second-order valence-corrected chi connectivity index (χ2v) is 7.65. The van der Waals surface area contributed by atoms with Crippen LogP contribution in [0.25, 0.3) is 0 Å². The van der Waals surface area contributed by atoms with Crippen LogP contribution in [0.1, 0.15) is 36.7 Å². The topological polar surface area (TPSA) is 98.5 Å². The number of rotatable bonds is 5. The fraction of sp³-hybridized carbons (Fsp3) is 0.500. The molecule has 118 valence electrons. The first kappa shape index (κ1) is 17.6. The quantitative estimate of drug-likeness (QED) is 0.854. The average molecular weight is 314 g/mol. The lowest BCUT2D eigenvalue weighted by Gasteiger charge is -2.19. The normalized spacial score (nSPS) is 12.2. The van der Waals surface area contributed by atoms with Crippen molar-refractivity contribution in [2.45, 2.75) is 32.3 Å². The van der Waals surface area contributed by atoms with Crippen molar-refractivity contribution in [3.8, 4) is 0 Å². The minimum atomic E-state index is -3.88. The monoisotopic (exact) mass is 314 g/mol. The molecule has 0 fully saturated rings. The predicted molar refractivity (Wildman–Crippen MR) is 80.3 cm³/mol. The highest BCUT2D eigenvalue weighted by atomic mass is 32.2. The third-order valence-electron chi connectivity index (χ3n) is 2.65. The van der Waals surface area contributed by atoms with E-state index in [1.54, 1.807) is 6.07 Å². The van der Waals surface area contributed by atoms with Gasteiger partial charge in [0.15, 0.2) is 0 Å². The third kappa shape index (κ3) is 5.82. The molecular weight excluding hydrogens is 292 g/mol. The molecular formula is C14H22N2O4S. The summed E-state index contributed by atoms with van der Waals surface area (Å²) in [6.07, 6.45) is 0. The molecule has 0 aliphatic rings. The van der Waals surface area contributed by atoms with Crippen LogP contribution in [-0.4, -0.2) is 28.0 Å². The van der Waals surface area contributed by atoms with E-state index in [4.69, 9.17) is 9.88 Å². The van der Waals surface area contributed by atoms with E-state index < -0.39 is 10.0 Å².